The zero-order valence-electron chi connectivity index (χ0n) is 15.7. The summed E-state index contributed by atoms with van der Waals surface area (Å²) in [5, 5.41) is 4.43. The van der Waals surface area contributed by atoms with Gasteiger partial charge in [-0.1, -0.05) is 12.2 Å². The Labute approximate surface area is 154 Å². The van der Waals surface area contributed by atoms with E-state index in [1.54, 1.807) is 9.25 Å². The third kappa shape index (κ3) is 2.98. The molecule has 142 valence electrons. The molecule has 0 atom stereocenters. The average molecular weight is 371 g/mol. The Morgan fingerprint density at radius 2 is 1.89 bits per heavy atom. The normalized spacial score (nSPS) is 11.3. The van der Waals surface area contributed by atoms with Crippen LogP contribution in [0.1, 0.15) is 18.3 Å². The maximum absolute atomic E-state index is 13.0. The Morgan fingerprint density at radius 1 is 1.22 bits per heavy atom. The van der Waals surface area contributed by atoms with Crippen LogP contribution < -0.4 is 17.0 Å². The minimum Gasteiger partial charge on any atom is -0.368 e. The number of aromatic nitrogens is 6. The highest BCUT2D eigenvalue weighted by Gasteiger charge is 2.23. The Hall–Kier alpha value is -3.43. The van der Waals surface area contributed by atoms with E-state index in [-0.39, 0.29) is 11.2 Å². The third-order valence-corrected chi connectivity index (χ3v) is 4.15. The molecule has 0 aliphatic rings. The monoisotopic (exact) mass is 371 g/mol. The number of hydrogen-bond acceptors (Lipinski definition) is 5. The van der Waals surface area contributed by atoms with E-state index in [1.165, 1.54) is 11.6 Å². The molecule has 0 saturated carbocycles. The smallest absolute Gasteiger partial charge is 0.332 e. The number of carbonyl (C=O) groups is 1. The van der Waals surface area contributed by atoms with Gasteiger partial charge >= 0.3 is 5.69 Å². The van der Waals surface area contributed by atoms with Crippen LogP contribution in [-0.2, 0) is 24.9 Å². The van der Waals surface area contributed by atoms with Gasteiger partial charge in [0.15, 0.2) is 11.2 Å². The summed E-state index contributed by atoms with van der Waals surface area (Å²) in [6.45, 7) is 9.25. The maximum atomic E-state index is 13.0. The fraction of sp³-hybridized carbons (Fsp3) is 0.353. The summed E-state index contributed by atoms with van der Waals surface area (Å²) in [7, 11) is 1.49. The second-order valence-corrected chi connectivity index (χ2v) is 6.67. The molecule has 0 aromatic carbocycles. The van der Waals surface area contributed by atoms with Crippen molar-refractivity contribution in [3.05, 3.63) is 50.4 Å². The summed E-state index contributed by atoms with van der Waals surface area (Å²) in [6.07, 6.45) is 0. The molecule has 3 heterocycles. The van der Waals surface area contributed by atoms with Gasteiger partial charge in [-0.3, -0.25) is 18.7 Å². The molecule has 3 rings (SSSR count). The first-order valence-corrected chi connectivity index (χ1v) is 8.28. The van der Waals surface area contributed by atoms with Crippen LogP contribution in [0.5, 0.6) is 0 Å². The highest BCUT2D eigenvalue weighted by molar-refractivity contribution is 5.75. The number of primary amides is 1. The Bertz CT molecular complexity index is 1210. The lowest BCUT2D eigenvalue weighted by atomic mass is 10.3. The lowest BCUT2D eigenvalue weighted by Crippen LogP contribution is -2.42. The maximum Gasteiger partial charge on any atom is 0.332 e. The van der Waals surface area contributed by atoms with Crippen LogP contribution >= 0.6 is 0 Å². The van der Waals surface area contributed by atoms with E-state index in [1.807, 2.05) is 26.8 Å². The third-order valence-electron chi connectivity index (χ3n) is 4.15. The van der Waals surface area contributed by atoms with Crippen molar-refractivity contribution in [1.29, 1.82) is 0 Å². The minimum atomic E-state index is -0.779. The summed E-state index contributed by atoms with van der Waals surface area (Å²) in [4.78, 5) is 41.3. The molecule has 10 nitrogen and oxygen atoms in total. The van der Waals surface area contributed by atoms with Gasteiger partial charge in [0.05, 0.1) is 5.69 Å². The SMILES string of the molecule is C=C(C)Cn1c(-n2nc(C)cc2C)nc2c1c(=O)n(CC(N)=O)c(=O)n2C. The highest BCUT2D eigenvalue weighted by atomic mass is 16.2. The van der Waals surface area contributed by atoms with Crippen LogP contribution in [0, 0.1) is 13.8 Å². The lowest BCUT2D eigenvalue weighted by molar-refractivity contribution is -0.118. The van der Waals surface area contributed by atoms with Crippen molar-refractivity contribution < 1.29 is 4.79 Å². The second kappa shape index (κ2) is 6.38. The first-order chi connectivity index (χ1) is 12.6. The first-order valence-electron chi connectivity index (χ1n) is 8.28. The van der Waals surface area contributed by atoms with Gasteiger partial charge in [0, 0.05) is 19.3 Å². The number of rotatable bonds is 5. The van der Waals surface area contributed by atoms with Gasteiger partial charge in [-0.15, -0.1) is 0 Å². The molecule has 0 saturated heterocycles. The molecule has 1 amide bonds. The number of amides is 1. The molecule has 0 radical (unpaired) electrons. The molecule has 0 fully saturated rings. The standard InChI is InChI=1S/C17H21N7O3/c1-9(2)7-22-13-14(19-16(22)24-11(4)6-10(3)20-24)21(5)17(27)23(15(13)26)8-12(18)25/h6H,1,7-8H2,2-5H3,(H2,18,25). The number of nitrogens with zero attached hydrogens (tertiary/aromatic N) is 6. The number of hydrogen-bond donors (Lipinski definition) is 1. The van der Waals surface area contributed by atoms with Gasteiger partial charge in [0.1, 0.15) is 6.54 Å². The van der Waals surface area contributed by atoms with Gasteiger partial charge in [0.25, 0.3) is 5.56 Å². The average Bonchev–Trinajstić information content (AvgIpc) is 3.08. The van der Waals surface area contributed by atoms with Crippen molar-refractivity contribution >= 4 is 17.1 Å². The topological polar surface area (TPSA) is 123 Å². The summed E-state index contributed by atoms with van der Waals surface area (Å²) in [5.74, 6) is -0.388. The molecule has 0 aliphatic heterocycles. The van der Waals surface area contributed by atoms with Crippen LogP contribution in [0.3, 0.4) is 0 Å². The number of nitrogens with two attached hydrogens (primary N) is 1. The van der Waals surface area contributed by atoms with Gasteiger partial charge in [-0.05, 0) is 26.8 Å². The fourth-order valence-corrected chi connectivity index (χ4v) is 3.07. The molecule has 0 unspecified atom stereocenters. The molecule has 10 heteroatoms. The molecular formula is C17H21N7O3. The molecule has 2 N–H and O–H groups in total. The number of allylic oxidation sites excluding steroid dienone is 1. The summed E-state index contributed by atoms with van der Waals surface area (Å²) in [5.41, 5.74) is 6.70. The van der Waals surface area contributed by atoms with E-state index in [9.17, 15) is 14.4 Å². The zero-order chi connectivity index (χ0) is 20.0. The van der Waals surface area contributed by atoms with Gasteiger partial charge < -0.3 is 5.73 Å². The van der Waals surface area contributed by atoms with E-state index in [0.717, 1.165) is 21.5 Å². The van der Waals surface area contributed by atoms with E-state index in [0.29, 0.717) is 12.5 Å². The quantitative estimate of drug-likeness (QED) is 0.620. The number of carbonyl (C=O) groups excluding carboxylic acids is 1. The zero-order valence-corrected chi connectivity index (χ0v) is 15.7. The predicted molar refractivity (Wildman–Crippen MR) is 99.8 cm³/mol. The van der Waals surface area contributed by atoms with Crippen LogP contribution in [0.15, 0.2) is 27.8 Å². The van der Waals surface area contributed by atoms with Crippen LogP contribution in [0.2, 0.25) is 0 Å². The van der Waals surface area contributed by atoms with Gasteiger partial charge in [-0.25, -0.2) is 14.0 Å². The second-order valence-electron chi connectivity index (χ2n) is 6.67. The number of fused-ring (bicyclic) bond motifs is 1. The molecule has 0 aliphatic carbocycles. The van der Waals surface area contributed by atoms with Crippen molar-refractivity contribution in [3.63, 3.8) is 0 Å². The van der Waals surface area contributed by atoms with Crippen molar-refractivity contribution in [2.75, 3.05) is 0 Å². The van der Waals surface area contributed by atoms with E-state index < -0.39 is 23.7 Å². The largest absolute Gasteiger partial charge is 0.368 e. The summed E-state index contributed by atoms with van der Waals surface area (Å²) in [6, 6.07) is 1.88. The fourth-order valence-electron chi connectivity index (χ4n) is 3.07. The Balaban J connectivity index is 2.47. The van der Waals surface area contributed by atoms with E-state index >= 15 is 0 Å². The molecule has 0 bridgehead atoms. The minimum absolute atomic E-state index is 0.184. The molecule has 3 aromatic rings. The van der Waals surface area contributed by atoms with Gasteiger partial charge in [0.2, 0.25) is 11.9 Å². The van der Waals surface area contributed by atoms with Crippen LogP contribution in [0.25, 0.3) is 17.1 Å². The highest BCUT2D eigenvalue weighted by Crippen LogP contribution is 2.18. The Morgan fingerprint density at radius 3 is 2.41 bits per heavy atom. The molecular weight excluding hydrogens is 350 g/mol. The van der Waals surface area contributed by atoms with E-state index in [4.69, 9.17) is 5.73 Å². The van der Waals surface area contributed by atoms with Crippen molar-refractivity contribution in [1.82, 2.24) is 28.5 Å². The Kier molecular flexibility index (Phi) is 4.34. The number of aryl methyl sites for hydroxylation is 3. The molecule has 27 heavy (non-hydrogen) atoms. The van der Waals surface area contributed by atoms with Crippen molar-refractivity contribution in [2.45, 2.75) is 33.9 Å². The first kappa shape index (κ1) is 18.4. The summed E-state index contributed by atoms with van der Waals surface area (Å²) >= 11 is 0. The molecule has 0 spiro atoms. The van der Waals surface area contributed by atoms with Gasteiger partial charge in [-0.2, -0.15) is 10.1 Å². The van der Waals surface area contributed by atoms with Crippen molar-refractivity contribution in [2.24, 2.45) is 12.8 Å². The molecule has 3 aromatic heterocycles. The van der Waals surface area contributed by atoms with Crippen LogP contribution in [0.4, 0.5) is 0 Å². The van der Waals surface area contributed by atoms with E-state index in [2.05, 4.69) is 16.7 Å². The lowest BCUT2D eigenvalue weighted by Gasteiger charge is -2.10. The van der Waals surface area contributed by atoms with Crippen molar-refractivity contribution in [3.8, 4) is 5.95 Å². The predicted octanol–water partition coefficient (Wildman–Crippen LogP) is -0.239. The summed E-state index contributed by atoms with van der Waals surface area (Å²) < 4.78 is 5.30. The van der Waals surface area contributed by atoms with Crippen LogP contribution in [-0.4, -0.2) is 34.4 Å². The number of imidazole rings is 1.